The summed E-state index contributed by atoms with van der Waals surface area (Å²) >= 11 is 0. The van der Waals surface area contributed by atoms with Gasteiger partial charge in [0.05, 0.1) is 27.8 Å². The van der Waals surface area contributed by atoms with Gasteiger partial charge < -0.3 is 0 Å². The number of pyridine rings is 2. The van der Waals surface area contributed by atoms with Gasteiger partial charge in [0.25, 0.3) is 0 Å². The van der Waals surface area contributed by atoms with E-state index in [0.29, 0.717) is 0 Å². The first kappa shape index (κ1) is 41.1. The average molecular weight is 846 g/mol. The van der Waals surface area contributed by atoms with Crippen LogP contribution < -0.4 is 0 Å². The van der Waals surface area contributed by atoms with Gasteiger partial charge in [0.2, 0.25) is 0 Å². The van der Waals surface area contributed by atoms with Crippen molar-refractivity contribution in [3.05, 3.63) is 195 Å². The largest absolute Gasteiger partial charge is 0.294 e. The van der Waals surface area contributed by atoms with E-state index in [2.05, 4.69) is 215 Å². The average Bonchev–Trinajstić information content (AvgIpc) is 3.85. The quantitative estimate of drug-likeness (QED) is 0.177. The zero-order valence-corrected chi connectivity index (χ0v) is 40.1. The summed E-state index contributed by atoms with van der Waals surface area (Å²) in [5.41, 5.74) is 24.5. The molecular formula is C62H59N3. The predicted octanol–water partition coefficient (Wildman–Crippen LogP) is 16.1. The van der Waals surface area contributed by atoms with Crippen LogP contribution in [0.4, 0.5) is 0 Å². The highest BCUT2D eigenvalue weighted by molar-refractivity contribution is 6.11. The third-order valence-corrected chi connectivity index (χ3v) is 14.6. The van der Waals surface area contributed by atoms with Crippen LogP contribution >= 0.6 is 0 Å². The van der Waals surface area contributed by atoms with E-state index < -0.39 is 5.41 Å². The van der Waals surface area contributed by atoms with Crippen LogP contribution in [0, 0.1) is 20.8 Å². The molecule has 6 aromatic carbocycles. The van der Waals surface area contributed by atoms with Gasteiger partial charge >= 0.3 is 0 Å². The lowest BCUT2D eigenvalue weighted by Gasteiger charge is -2.31. The van der Waals surface area contributed by atoms with Gasteiger partial charge in [-0.05, 0) is 152 Å². The molecule has 0 bridgehead atoms. The minimum Gasteiger partial charge on any atom is -0.294 e. The van der Waals surface area contributed by atoms with Crippen molar-refractivity contribution in [2.45, 2.75) is 105 Å². The van der Waals surface area contributed by atoms with Gasteiger partial charge in [-0.1, -0.05) is 159 Å². The van der Waals surface area contributed by atoms with Crippen LogP contribution in [0.1, 0.15) is 118 Å². The fourth-order valence-electron chi connectivity index (χ4n) is 11.2. The highest BCUT2D eigenvalue weighted by Crippen LogP contribution is 2.63. The summed E-state index contributed by atoms with van der Waals surface area (Å²) in [6.45, 7) is 27.5. The van der Waals surface area contributed by atoms with E-state index in [1.54, 1.807) is 0 Å². The standard InChI is InChI=1S/C62H59N3/c1-36-16-22-51-48(29-36)58-52(62(51)49-23-19-41(59(4,5)6)34-45(49)46-35-42(60(7,8)9)20-24-50(46)62)25-27-56(64-58)65-54-26-18-40(57-37(2)30-43(31-38(57)3)61(10,11)12)32-47(54)44-21-17-39(33-55(44)65)53-15-13-14-28-63-53/h13-35H,1-12H3. The van der Waals surface area contributed by atoms with E-state index in [9.17, 15) is 0 Å². The second kappa shape index (κ2) is 14.0. The van der Waals surface area contributed by atoms with E-state index in [1.165, 1.54) is 94.2 Å². The van der Waals surface area contributed by atoms with Crippen LogP contribution in [0.2, 0.25) is 0 Å². The van der Waals surface area contributed by atoms with Gasteiger partial charge in [0, 0.05) is 28.1 Å². The maximum absolute atomic E-state index is 5.85. The molecule has 322 valence electrons. The molecule has 0 atom stereocenters. The Hall–Kier alpha value is -6.58. The summed E-state index contributed by atoms with van der Waals surface area (Å²) in [4.78, 5) is 10.6. The Balaban J connectivity index is 1.17. The van der Waals surface area contributed by atoms with Crippen molar-refractivity contribution in [1.29, 1.82) is 0 Å². The highest BCUT2D eigenvalue weighted by atomic mass is 15.1. The van der Waals surface area contributed by atoms with Crippen LogP contribution in [0.25, 0.3) is 72.4 Å². The molecular weight excluding hydrogens is 787 g/mol. The Labute approximate surface area is 385 Å². The molecule has 3 heterocycles. The number of hydrogen-bond donors (Lipinski definition) is 0. The van der Waals surface area contributed by atoms with E-state index in [4.69, 9.17) is 9.97 Å². The maximum Gasteiger partial charge on any atom is 0.138 e. The third kappa shape index (κ3) is 6.14. The smallest absolute Gasteiger partial charge is 0.138 e. The van der Waals surface area contributed by atoms with Crippen molar-refractivity contribution in [2.75, 3.05) is 0 Å². The van der Waals surface area contributed by atoms with Crippen molar-refractivity contribution in [1.82, 2.24) is 14.5 Å². The van der Waals surface area contributed by atoms with Crippen molar-refractivity contribution < 1.29 is 0 Å². The van der Waals surface area contributed by atoms with Gasteiger partial charge in [0.15, 0.2) is 0 Å². The van der Waals surface area contributed by atoms with Crippen LogP contribution in [0.3, 0.4) is 0 Å². The lowest BCUT2D eigenvalue weighted by Crippen LogP contribution is -2.26. The molecule has 3 heteroatoms. The van der Waals surface area contributed by atoms with Crippen LogP contribution in [-0.4, -0.2) is 14.5 Å². The molecule has 0 saturated carbocycles. The summed E-state index contributed by atoms with van der Waals surface area (Å²) < 4.78 is 2.39. The molecule has 0 unspecified atom stereocenters. The van der Waals surface area contributed by atoms with Crippen LogP contribution in [0.15, 0.2) is 140 Å². The summed E-state index contributed by atoms with van der Waals surface area (Å²) in [5, 5.41) is 2.41. The number of aryl methyl sites for hydroxylation is 3. The van der Waals surface area contributed by atoms with Gasteiger partial charge in [-0.2, -0.15) is 0 Å². The Bertz CT molecular complexity index is 3360. The normalized spacial score (nSPS) is 14.0. The zero-order valence-electron chi connectivity index (χ0n) is 40.1. The summed E-state index contributed by atoms with van der Waals surface area (Å²) in [7, 11) is 0. The SMILES string of the molecule is Cc1ccc2c(c1)-c1nc(-n3c4ccc(-c5c(C)cc(C(C)(C)C)cc5C)cc4c4ccc(-c5ccccn5)cc43)ccc1C21c2ccc(C(C)(C)C)cc2-c2cc(C(C)(C)C)ccc21. The second-order valence-electron chi connectivity index (χ2n) is 22.1. The molecule has 0 radical (unpaired) electrons. The van der Waals surface area contributed by atoms with Gasteiger partial charge in [-0.15, -0.1) is 0 Å². The molecule has 3 aromatic heterocycles. The molecule has 11 rings (SSSR count). The first-order valence-electron chi connectivity index (χ1n) is 23.4. The first-order chi connectivity index (χ1) is 30.8. The highest BCUT2D eigenvalue weighted by Gasteiger charge is 2.53. The lowest BCUT2D eigenvalue weighted by atomic mass is 9.70. The van der Waals surface area contributed by atoms with E-state index in [1.807, 2.05) is 12.3 Å². The predicted molar refractivity (Wildman–Crippen MR) is 274 cm³/mol. The molecule has 9 aromatic rings. The number of aromatic nitrogens is 3. The van der Waals surface area contributed by atoms with Crippen molar-refractivity contribution >= 4 is 21.8 Å². The Morgan fingerprint density at radius 3 is 1.68 bits per heavy atom. The van der Waals surface area contributed by atoms with Crippen LogP contribution in [0.5, 0.6) is 0 Å². The number of hydrogen-bond acceptors (Lipinski definition) is 2. The van der Waals surface area contributed by atoms with Crippen molar-refractivity contribution in [2.24, 2.45) is 0 Å². The Morgan fingerprint density at radius 2 is 1.06 bits per heavy atom. The summed E-state index contributed by atoms with van der Waals surface area (Å²) in [5.74, 6) is 0.908. The minimum absolute atomic E-state index is 0.0136. The molecule has 0 fully saturated rings. The molecule has 65 heavy (non-hydrogen) atoms. The number of fused-ring (bicyclic) bond motifs is 13. The number of nitrogens with zero attached hydrogens (tertiary/aromatic N) is 3. The van der Waals surface area contributed by atoms with Gasteiger partial charge in [-0.3, -0.25) is 9.55 Å². The third-order valence-electron chi connectivity index (χ3n) is 14.6. The molecule has 0 N–H and O–H groups in total. The summed E-state index contributed by atoms with van der Waals surface area (Å²) in [6, 6.07) is 51.1. The molecule has 2 aliphatic carbocycles. The Morgan fingerprint density at radius 1 is 0.462 bits per heavy atom. The van der Waals surface area contributed by atoms with Gasteiger partial charge in [-0.25, -0.2) is 4.98 Å². The second-order valence-corrected chi connectivity index (χ2v) is 22.1. The fourth-order valence-corrected chi connectivity index (χ4v) is 11.2. The number of rotatable bonds is 3. The van der Waals surface area contributed by atoms with Crippen molar-refractivity contribution in [3.63, 3.8) is 0 Å². The summed E-state index contributed by atoms with van der Waals surface area (Å²) in [6.07, 6.45) is 1.88. The molecule has 0 amide bonds. The van der Waals surface area contributed by atoms with E-state index in [0.717, 1.165) is 33.8 Å². The van der Waals surface area contributed by atoms with E-state index >= 15 is 0 Å². The first-order valence-corrected chi connectivity index (χ1v) is 23.4. The molecule has 3 nitrogen and oxygen atoms in total. The number of benzene rings is 6. The molecule has 0 saturated heterocycles. The van der Waals surface area contributed by atoms with E-state index in [-0.39, 0.29) is 16.2 Å². The zero-order chi connectivity index (χ0) is 45.5. The molecule has 2 aliphatic rings. The lowest BCUT2D eigenvalue weighted by molar-refractivity contribution is 0.589. The maximum atomic E-state index is 5.85. The molecule has 1 spiro atoms. The van der Waals surface area contributed by atoms with Crippen molar-refractivity contribution in [3.8, 4) is 50.6 Å². The Kier molecular flexibility index (Phi) is 8.84. The topological polar surface area (TPSA) is 30.7 Å². The fraction of sp³-hybridized carbons (Fsp3) is 0.258. The van der Waals surface area contributed by atoms with Crippen LogP contribution in [-0.2, 0) is 21.7 Å². The molecule has 0 aliphatic heterocycles. The minimum atomic E-state index is -0.498. The monoisotopic (exact) mass is 845 g/mol. The van der Waals surface area contributed by atoms with Gasteiger partial charge in [0.1, 0.15) is 5.82 Å².